The second-order valence-electron chi connectivity index (χ2n) is 3.64. The van der Waals surface area contributed by atoms with Crippen molar-refractivity contribution < 1.29 is 9.66 Å². The van der Waals surface area contributed by atoms with Crippen molar-refractivity contribution in [3.8, 4) is 5.75 Å². The standard InChI is InChI=1S/C11H11N3O3/c1-6-7(2)13-10-8(12-6)4-5-9(17-3)11(10)14(15)16/h4-5H,1-3H3. The average molecular weight is 233 g/mol. The van der Waals surface area contributed by atoms with Crippen LogP contribution in [0.2, 0.25) is 0 Å². The topological polar surface area (TPSA) is 78.2 Å². The Labute approximate surface area is 97.4 Å². The molecule has 0 saturated heterocycles. The molecular formula is C11H11N3O3. The first-order valence-corrected chi connectivity index (χ1v) is 5.01. The van der Waals surface area contributed by atoms with Gasteiger partial charge in [-0.2, -0.15) is 0 Å². The predicted octanol–water partition coefficient (Wildman–Crippen LogP) is 2.16. The minimum atomic E-state index is -0.495. The van der Waals surface area contributed by atoms with Crippen LogP contribution >= 0.6 is 0 Å². The van der Waals surface area contributed by atoms with Gasteiger partial charge in [-0.15, -0.1) is 0 Å². The van der Waals surface area contributed by atoms with Gasteiger partial charge in [0.15, 0.2) is 11.3 Å². The summed E-state index contributed by atoms with van der Waals surface area (Å²) in [5.41, 5.74) is 2.06. The summed E-state index contributed by atoms with van der Waals surface area (Å²) in [5, 5.41) is 11.0. The highest BCUT2D eigenvalue weighted by molar-refractivity contribution is 5.87. The van der Waals surface area contributed by atoms with Crippen molar-refractivity contribution in [1.82, 2.24) is 9.97 Å². The molecule has 0 saturated carbocycles. The molecule has 0 aliphatic rings. The molecule has 6 nitrogen and oxygen atoms in total. The summed E-state index contributed by atoms with van der Waals surface area (Å²) in [7, 11) is 1.39. The van der Waals surface area contributed by atoms with Crippen molar-refractivity contribution in [2.45, 2.75) is 13.8 Å². The first-order valence-electron chi connectivity index (χ1n) is 5.01. The van der Waals surface area contributed by atoms with Crippen LogP contribution in [0.15, 0.2) is 12.1 Å². The number of benzene rings is 1. The molecule has 0 aliphatic carbocycles. The molecule has 2 rings (SSSR count). The van der Waals surface area contributed by atoms with Gasteiger partial charge in [0.05, 0.1) is 28.9 Å². The molecule has 1 aromatic carbocycles. The van der Waals surface area contributed by atoms with Crippen LogP contribution in [0.3, 0.4) is 0 Å². The Morgan fingerprint density at radius 2 is 1.88 bits per heavy atom. The van der Waals surface area contributed by atoms with Crippen molar-refractivity contribution in [3.63, 3.8) is 0 Å². The van der Waals surface area contributed by atoms with Crippen LogP contribution in [-0.4, -0.2) is 22.0 Å². The number of methoxy groups -OCH3 is 1. The summed E-state index contributed by atoms with van der Waals surface area (Å²) >= 11 is 0. The molecule has 0 amide bonds. The molecule has 1 aromatic heterocycles. The minimum Gasteiger partial charge on any atom is -0.490 e. The lowest BCUT2D eigenvalue weighted by atomic mass is 10.2. The second-order valence-corrected chi connectivity index (χ2v) is 3.64. The summed E-state index contributed by atoms with van der Waals surface area (Å²) in [5.74, 6) is 0.194. The van der Waals surface area contributed by atoms with Gasteiger partial charge in [0.1, 0.15) is 0 Å². The van der Waals surface area contributed by atoms with Gasteiger partial charge in [0, 0.05) is 0 Å². The largest absolute Gasteiger partial charge is 0.490 e. The smallest absolute Gasteiger partial charge is 0.338 e. The maximum atomic E-state index is 11.0. The van der Waals surface area contributed by atoms with Crippen LogP contribution in [0.4, 0.5) is 5.69 Å². The lowest BCUT2D eigenvalue weighted by Gasteiger charge is -2.06. The fourth-order valence-electron chi connectivity index (χ4n) is 1.60. The van der Waals surface area contributed by atoms with Gasteiger partial charge in [0.2, 0.25) is 0 Å². The molecule has 0 atom stereocenters. The van der Waals surface area contributed by atoms with E-state index in [-0.39, 0.29) is 17.0 Å². The van der Waals surface area contributed by atoms with Crippen molar-refractivity contribution in [2.24, 2.45) is 0 Å². The van der Waals surface area contributed by atoms with E-state index in [2.05, 4.69) is 9.97 Å². The predicted molar refractivity (Wildman–Crippen MR) is 62.2 cm³/mol. The van der Waals surface area contributed by atoms with Crippen LogP contribution in [0.25, 0.3) is 11.0 Å². The molecule has 6 heteroatoms. The molecule has 0 fully saturated rings. The average Bonchev–Trinajstić information content (AvgIpc) is 2.29. The van der Waals surface area contributed by atoms with Crippen molar-refractivity contribution >= 4 is 16.7 Å². The maximum absolute atomic E-state index is 11.0. The fraction of sp³-hybridized carbons (Fsp3) is 0.273. The summed E-state index contributed by atoms with van der Waals surface area (Å²) < 4.78 is 4.98. The molecule has 0 spiro atoms. The molecule has 0 bridgehead atoms. The molecule has 0 N–H and O–H groups in total. The monoisotopic (exact) mass is 233 g/mol. The summed E-state index contributed by atoms with van der Waals surface area (Å²) in [4.78, 5) is 19.0. The van der Waals surface area contributed by atoms with Gasteiger partial charge in [-0.1, -0.05) is 0 Å². The number of rotatable bonds is 2. The molecule has 0 aliphatic heterocycles. The maximum Gasteiger partial charge on any atom is 0.338 e. The zero-order valence-corrected chi connectivity index (χ0v) is 9.72. The molecule has 17 heavy (non-hydrogen) atoms. The number of ether oxygens (including phenoxy) is 1. The van der Waals surface area contributed by atoms with Gasteiger partial charge in [-0.05, 0) is 26.0 Å². The van der Waals surface area contributed by atoms with E-state index in [4.69, 9.17) is 4.74 Å². The summed E-state index contributed by atoms with van der Waals surface area (Å²) in [6.07, 6.45) is 0. The van der Waals surface area contributed by atoms with E-state index < -0.39 is 4.92 Å². The highest BCUT2D eigenvalue weighted by Crippen LogP contribution is 2.33. The van der Waals surface area contributed by atoms with Crippen LogP contribution in [0.5, 0.6) is 5.75 Å². The first kappa shape index (κ1) is 11.3. The Kier molecular flexibility index (Phi) is 2.63. The van der Waals surface area contributed by atoms with Crippen LogP contribution in [0, 0.1) is 24.0 Å². The highest BCUT2D eigenvalue weighted by atomic mass is 16.6. The molecule has 1 heterocycles. The van der Waals surface area contributed by atoms with Gasteiger partial charge in [-0.3, -0.25) is 10.1 Å². The zero-order valence-electron chi connectivity index (χ0n) is 9.72. The number of nitro benzene ring substituents is 1. The summed E-state index contributed by atoms with van der Waals surface area (Å²) in [6, 6.07) is 3.20. The lowest BCUT2D eigenvalue weighted by Crippen LogP contribution is -2.00. The third-order valence-corrected chi connectivity index (χ3v) is 2.59. The number of aromatic nitrogens is 2. The van der Waals surface area contributed by atoms with E-state index in [1.165, 1.54) is 13.2 Å². The third kappa shape index (κ3) is 1.77. The van der Waals surface area contributed by atoms with Gasteiger partial charge >= 0.3 is 5.69 Å². The summed E-state index contributed by atoms with van der Waals surface area (Å²) in [6.45, 7) is 3.59. The third-order valence-electron chi connectivity index (χ3n) is 2.59. The van der Waals surface area contributed by atoms with E-state index in [1.807, 2.05) is 6.92 Å². The molecule has 0 unspecified atom stereocenters. The second kappa shape index (κ2) is 3.97. The number of hydrogen-bond donors (Lipinski definition) is 0. The Balaban J connectivity index is 2.89. The van der Waals surface area contributed by atoms with Crippen LogP contribution in [0.1, 0.15) is 11.4 Å². The van der Waals surface area contributed by atoms with Crippen molar-refractivity contribution in [2.75, 3.05) is 7.11 Å². The van der Waals surface area contributed by atoms with E-state index in [0.717, 1.165) is 5.69 Å². The number of nitro groups is 1. The highest BCUT2D eigenvalue weighted by Gasteiger charge is 2.21. The van der Waals surface area contributed by atoms with Crippen molar-refractivity contribution in [1.29, 1.82) is 0 Å². The van der Waals surface area contributed by atoms with E-state index >= 15 is 0 Å². The number of nitrogens with zero attached hydrogens (tertiary/aromatic N) is 3. The Morgan fingerprint density at radius 3 is 2.47 bits per heavy atom. The quantitative estimate of drug-likeness (QED) is 0.586. The minimum absolute atomic E-state index is 0.138. The van der Waals surface area contributed by atoms with Crippen LogP contribution < -0.4 is 4.74 Å². The van der Waals surface area contributed by atoms with Crippen LogP contribution in [-0.2, 0) is 0 Å². The zero-order chi connectivity index (χ0) is 12.6. The van der Waals surface area contributed by atoms with Crippen molar-refractivity contribution in [3.05, 3.63) is 33.6 Å². The van der Waals surface area contributed by atoms with E-state index in [0.29, 0.717) is 11.2 Å². The van der Waals surface area contributed by atoms with Gasteiger partial charge in [0.25, 0.3) is 0 Å². The fourth-order valence-corrected chi connectivity index (χ4v) is 1.60. The number of hydrogen-bond acceptors (Lipinski definition) is 5. The van der Waals surface area contributed by atoms with E-state index in [1.54, 1.807) is 13.0 Å². The molecule has 0 radical (unpaired) electrons. The molecule has 2 aromatic rings. The van der Waals surface area contributed by atoms with Gasteiger partial charge < -0.3 is 4.74 Å². The van der Waals surface area contributed by atoms with E-state index in [9.17, 15) is 10.1 Å². The number of aryl methyl sites for hydroxylation is 2. The Hall–Kier alpha value is -2.24. The van der Waals surface area contributed by atoms with Gasteiger partial charge in [-0.25, -0.2) is 9.97 Å². The normalized spacial score (nSPS) is 10.5. The Morgan fingerprint density at radius 1 is 1.24 bits per heavy atom. The number of fused-ring (bicyclic) bond motifs is 1. The Bertz CT molecular complexity index is 610. The molecular weight excluding hydrogens is 222 g/mol. The molecule has 88 valence electrons. The first-order chi connectivity index (χ1) is 8.04. The SMILES string of the molecule is COc1ccc2nc(C)c(C)nc2c1[N+](=O)[O-]. The lowest BCUT2D eigenvalue weighted by molar-refractivity contribution is -0.384.